The summed E-state index contributed by atoms with van der Waals surface area (Å²) in [6.45, 7) is 1.25. The topological polar surface area (TPSA) is 65.2 Å². The van der Waals surface area contributed by atoms with E-state index in [9.17, 15) is 9.59 Å². The molecular formula is C21H19BrClN3O2S. The predicted molar refractivity (Wildman–Crippen MR) is 123 cm³/mol. The number of anilines is 1. The molecule has 0 saturated heterocycles. The number of nitrogens with one attached hydrogen (secondary N) is 2. The van der Waals surface area contributed by atoms with E-state index in [1.807, 2.05) is 47.4 Å². The van der Waals surface area contributed by atoms with E-state index in [1.54, 1.807) is 0 Å². The minimum atomic E-state index is -0.117. The maximum Gasteiger partial charge on any atom is 0.234 e. The van der Waals surface area contributed by atoms with Gasteiger partial charge in [0.15, 0.2) is 0 Å². The first kappa shape index (κ1) is 20.3. The first-order valence-corrected chi connectivity index (χ1v) is 11.5. The Kier molecular flexibility index (Phi) is 6.18. The molecule has 0 spiro atoms. The van der Waals surface area contributed by atoms with Crippen LogP contribution in [0, 0.1) is 0 Å². The number of aromatic amines is 1. The van der Waals surface area contributed by atoms with Crippen molar-refractivity contribution in [2.24, 2.45) is 0 Å². The molecule has 150 valence electrons. The van der Waals surface area contributed by atoms with Gasteiger partial charge in [0.1, 0.15) is 0 Å². The number of fused-ring (bicyclic) bond motifs is 3. The fourth-order valence-corrected chi connectivity index (χ4v) is 4.77. The first-order valence-electron chi connectivity index (χ1n) is 9.19. The fourth-order valence-electron chi connectivity index (χ4n) is 3.48. The molecule has 0 saturated carbocycles. The molecule has 0 radical (unpaired) electrons. The van der Waals surface area contributed by atoms with Crippen LogP contribution in [0.2, 0.25) is 5.02 Å². The largest absolute Gasteiger partial charge is 0.358 e. The molecule has 4 rings (SSSR count). The second-order valence-corrected chi connectivity index (χ2v) is 9.23. The number of carbonyl (C=O) groups is 2. The van der Waals surface area contributed by atoms with Gasteiger partial charge in [0.05, 0.1) is 11.5 Å². The van der Waals surface area contributed by atoms with Gasteiger partial charge in [-0.1, -0.05) is 33.6 Å². The van der Waals surface area contributed by atoms with Crippen LogP contribution in [0.4, 0.5) is 5.69 Å². The number of hydrogen-bond donors (Lipinski definition) is 2. The van der Waals surface area contributed by atoms with Crippen molar-refractivity contribution in [1.82, 2.24) is 9.88 Å². The molecule has 2 aromatic carbocycles. The summed E-state index contributed by atoms with van der Waals surface area (Å²) in [7, 11) is 0. The van der Waals surface area contributed by atoms with E-state index in [0.717, 1.165) is 33.0 Å². The smallest absolute Gasteiger partial charge is 0.234 e. The Morgan fingerprint density at radius 2 is 2.07 bits per heavy atom. The van der Waals surface area contributed by atoms with Gasteiger partial charge in [-0.05, 0) is 36.4 Å². The Morgan fingerprint density at radius 1 is 1.21 bits per heavy atom. The Morgan fingerprint density at radius 3 is 2.90 bits per heavy atom. The van der Waals surface area contributed by atoms with Crippen LogP contribution in [0.1, 0.15) is 11.3 Å². The number of hydrogen-bond acceptors (Lipinski definition) is 3. The van der Waals surface area contributed by atoms with Gasteiger partial charge in [-0.3, -0.25) is 9.59 Å². The molecule has 1 aliphatic rings. The van der Waals surface area contributed by atoms with Crippen molar-refractivity contribution in [2.75, 3.05) is 23.4 Å². The summed E-state index contributed by atoms with van der Waals surface area (Å²) >= 11 is 10.9. The van der Waals surface area contributed by atoms with E-state index in [2.05, 4.69) is 26.2 Å². The second kappa shape index (κ2) is 8.81. The normalized spacial score (nSPS) is 13.4. The van der Waals surface area contributed by atoms with E-state index in [4.69, 9.17) is 11.6 Å². The van der Waals surface area contributed by atoms with Gasteiger partial charge in [0, 0.05) is 56.9 Å². The molecule has 2 amide bonds. The van der Waals surface area contributed by atoms with Crippen molar-refractivity contribution in [3.05, 3.63) is 63.2 Å². The maximum atomic E-state index is 12.6. The summed E-state index contributed by atoms with van der Waals surface area (Å²) in [6.07, 6.45) is 0.793. The Balaban J connectivity index is 1.31. The van der Waals surface area contributed by atoms with Gasteiger partial charge in [0.2, 0.25) is 11.8 Å². The highest BCUT2D eigenvalue weighted by Crippen LogP contribution is 2.30. The Labute approximate surface area is 186 Å². The molecule has 2 heterocycles. The maximum absolute atomic E-state index is 12.6. The molecule has 0 fully saturated rings. The molecule has 1 aliphatic heterocycles. The molecular weight excluding hydrogens is 474 g/mol. The van der Waals surface area contributed by atoms with Gasteiger partial charge >= 0.3 is 0 Å². The zero-order valence-corrected chi connectivity index (χ0v) is 18.7. The molecule has 0 unspecified atom stereocenters. The van der Waals surface area contributed by atoms with Crippen molar-refractivity contribution < 1.29 is 9.59 Å². The molecule has 0 aliphatic carbocycles. The van der Waals surface area contributed by atoms with Crippen LogP contribution in [-0.4, -0.2) is 39.7 Å². The average molecular weight is 493 g/mol. The van der Waals surface area contributed by atoms with Gasteiger partial charge in [-0.15, -0.1) is 11.8 Å². The number of rotatable bonds is 5. The van der Waals surface area contributed by atoms with Crippen LogP contribution < -0.4 is 5.32 Å². The van der Waals surface area contributed by atoms with Gasteiger partial charge in [-0.25, -0.2) is 0 Å². The van der Waals surface area contributed by atoms with Gasteiger partial charge in [-0.2, -0.15) is 0 Å². The highest BCUT2D eigenvalue weighted by Gasteiger charge is 2.24. The number of carbonyl (C=O) groups excluding carboxylic acids is 2. The van der Waals surface area contributed by atoms with Crippen LogP contribution in [-0.2, 0) is 22.6 Å². The molecule has 0 atom stereocenters. The minimum absolute atomic E-state index is 0.0484. The highest BCUT2D eigenvalue weighted by molar-refractivity contribution is 9.10. The summed E-state index contributed by atoms with van der Waals surface area (Å²) < 4.78 is 0.904. The zero-order chi connectivity index (χ0) is 20.4. The number of thioether (sulfide) groups is 1. The van der Waals surface area contributed by atoms with E-state index >= 15 is 0 Å². The van der Waals surface area contributed by atoms with E-state index in [1.165, 1.54) is 17.5 Å². The number of halogens is 2. The monoisotopic (exact) mass is 491 g/mol. The minimum Gasteiger partial charge on any atom is -0.358 e. The van der Waals surface area contributed by atoms with Crippen LogP contribution in [0.5, 0.6) is 0 Å². The summed E-state index contributed by atoms with van der Waals surface area (Å²) in [5.74, 6) is 0.449. The molecule has 5 nitrogen and oxygen atoms in total. The number of aromatic nitrogens is 1. The van der Waals surface area contributed by atoms with E-state index in [0.29, 0.717) is 18.1 Å². The summed E-state index contributed by atoms with van der Waals surface area (Å²) in [5.41, 5.74) is 4.09. The standard InChI is InChI=1S/C21H19BrClN3O2S/c22-13-2-1-3-15(8-13)24-20(27)11-29-12-21(28)26-7-6-19-17(10-26)16-9-14(23)4-5-18(16)25-19/h1-5,8-9,25H,6-7,10-12H2,(H,24,27). The molecule has 0 bridgehead atoms. The van der Waals surface area contributed by atoms with Crippen LogP contribution in [0.15, 0.2) is 46.9 Å². The quantitative estimate of drug-likeness (QED) is 0.536. The van der Waals surface area contributed by atoms with Crippen molar-refractivity contribution in [3.63, 3.8) is 0 Å². The lowest BCUT2D eigenvalue weighted by Crippen LogP contribution is -2.37. The van der Waals surface area contributed by atoms with E-state index < -0.39 is 0 Å². The van der Waals surface area contributed by atoms with Crippen molar-refractivity contribution in [2.45, 2.75) is 13.0 Å². The van der Waals surface area contributed by atoms with Crippen molar-refractivity contribution in [3.8, 4) is 0 Å². The van der Waals surface area contributed by atoms with E-state index in [-0.39, 0.29) is 23.3 Å². The molecule has 8 heteroatoms. The third kappa shape index (κ3) is 4.79. The zero-order valence-electron chi connectivity index (χ0n) is 15.5. The summed E-state index contributed by atoms with van der Waals surface area (Å²) in [4.78, 5) is 30.0. The summed E-state index contributed by atoms with van der Waals surface area (Å²) in [5, 5.41) is 4.60. The Hall–Kier alpha value is -1.96. The highest BCUT2D eigenvalue weighted by atomic mass is 79.9. The Bertz CT molecular complexity index is 1080. The number of nitrogens with zero attached hydrogens (tertiary/aromatic N) is 1. The molecule has 29 heavy (non-hydrogen) atoms. The lowest BCUT2D eigenvalue weighted by molar-refractivity contribution is -0.129. The lowest BCUT2D eigenvalue weighted by atomic mass is 10.0. The lowest BCUT2D eigenvalue weighted by Gasteiger charge is -2.27. The SMILES string of the molecule is O=C(CSCC(=O)N1CCc2[nH]c3ccc(Cl)cc3c2C1)Nc1cccc(Br)c1. The third-order valence-electron chi connectivity index (χ3n) is 4.86. The number of benzene rings is 2. The molecule has 1 aromatic heterocycles. The summed E-state index contributed by atoms with van der Waals surface area (Å²) in [6, 6.07) is 13.2. The van der Waals surface area contributed by atoms with Crippen molar-refractivity contribution >= 4 is 67.7 Å². The number of amides is 2. The second-order valence-electron chi connectivity index (χ2n) is 6.89. The first-order chi connectivity index (χ1) is 14.0. The van der Waals surface area contributed by atoms with Crippen molar-refractivity contribution in [1.29, 1.82) is 0 Å². The van der Waals surface area contributed by atoms with Gasteiger partial charge in [0.25, 0.3) is 0 Å². The average Bonchev–Trinajstić information content (AvgIpc) is 3.05. The third-order valence-corrected chi connectivity index (χ3v) is 6.50. The van der Waals surface area contributed by atoms with Crippen LogP contribution in [0.25, 0.3) is 10.9 Å². The van der Waals surface area contributed by atoms with Crippen LogP contribution in [0.3, 0.4) is 0 Å². The predicted octanol–water partition coefficient (Wildman–Crippen LogP) is 4.84. The fraction of sp³-hybridized carbons (Fsp3) is 0.238. The molecule has 3 aromatic rings. The van der Waals surface area contributed by atoms with Gasteiger partial charge < -0.3 is 15.2 Å². The number of H-pyrrole nitrogens is 1. The molecule has 2 N–H and O–H groups in total. The van der Waals surface area contributed by atoms with Crippen LogP contribution >= 0.6 is 39.3 Å².